The van der Waals surface area contributed by atoms with Gasteiger partial charge >= 0.3 is 5.97 Å². The maximum Gasteiger partial charge on any atom is 0.337 e. The number of benzene rings is 1. The molecule has 6 nitrogen and oxygen atoms in total. The Labute approximate surface area is 119 Å². The summed E-state index contributed by atoms with van der Waals surface area (Å²) < 4.78 is 16.6. The lowest BCUT2D eigenvalue weighted by atomic mass is 10.0. The van der Waals surface area contributed by atoms with Crippen molar-refractivity contribution >= 4 is 27.9 Å². The highest BCUT2D eigenvalue weighted by atomic mass is 16.5. The smallest absolute Gasteiger partial charge is 0.337 e. The summed E-state index contributed by atoms with van der Waals surface area (Å²) in [5.74, 6) is 0.292. The van der Waals surface area contributed by atoms with Crippen LogP contribution in [0.3, 0.4) is 0 Å². The number of aryl methyl sites for hydroxylation is 2. The van der Waals surface area contributed by atoms with E-state index < -0.39 is 12.1 Å². The molecular weight excluding hydrogens is 276 g/mol. The van der Waals surface area contributed by atoms with Gasteiger partial charge in [-0.2, -0.15) is 0 Å². The topological polar surface area (TPSA) is 93.0 Å². The predicted molar refractivity (Wildman–Crippen MR) is 74.6 cm³/mol. The van der Waals surface area contributed by atoms with Crippen LogP contribution in [0.1, 0.15) is 23.2 Å². The monoisotopic (exact) mass is 290 g/mol. The Morgan fingerprint density at radius 3 is 2.29 bits per heavy atom. The average Bonchev–Trinajstić information content (AvgIpc) is 2.96. The van der Waals surface area contributed by atoms with Crippen LogP contribution in [0.25, 0.3) is 21.9 Å². The first-order valence-corrected chi connectivity index (χ1v) is 6.35. The number of carboxylic acid groups (broad SMARTS) is 1. The van der Waals surface area contributed by atoms with E-state index in [0.717, 1.165) is 0 Å². The second-order valence-corrected chi connectivity index (χ2v) is 4.89. The molecule has 1 atom stereocenters. The molecule has 0 amide bonds. The molecule has 0 aliphatic carbocycles. The van der Waals surface area contributed by atoms with E-state index in [-0.39, 0.29) is 5.56 Å². The lowest BCUT2D eigenvalue weighted by molar-refractivity contribution is -0.146. The van der Waals surface area contributed by atoms with Gasteiger partial charge in [0.15, 0.2) is 17.4 Å². The van der Waals surface area contributed by atoms with Gasteiger partial charge in [-0.25, -0.2) is 4.79 Å². The molecule has 2 heterocycles. The van der Waals surface area contributed by atoms with Gasteiger partial charge in [0.25, 0.3) is 0 Å². The highest BCUT2D eigenvalue weighted by Crippen LogP contribution is 2.43. The molecule has 3 rings (SSSR count). The molecule has 0 aliphatic rings. The summed E-state index contributed by atoms with van der Waals surface area (Å²) in [6, 6.07) is 3.39. The normalized spacial score (nSPS) is 13.0. The standard InChI is InChI=1S/C15H14O6/c1-6-4-8-10(11(16)15(17)18)12-9(5-7(2)20-12)13(19-3)14(8)21-6/h4-5,11,16H,1-3H3,(H,17,18). The minimum absolute atomic E-state index is 0.179. The van der Waals surface area contributed by atoms with Crippen LogP contribution in [0.5, 0.6) is 5.75 Å². The number of hydrogen-bond donors (Lipinski definition) is 2. The lowest BCUT2D eigenvalue weighted by Gasteiger charge is -2.10. The number of methoxy groups -OCH3 is 1. The molecule has 0 saturated heterocycles. The molecule has 6 heteroatoms. The van der Waals surface area contributed by atoms with Gasteiger partial charge in [-0.15, -0.1) is 0 Å². The number of aliphatic hydroxyl groups excluding tert-OH is 1. The van der Waals surface area contributed by atoms with E-state index in [9.17, 15) is 9.90 Å². The predicted octanol–water partition coefficient (Wildman–Crippen LogP) is 2.92. The van der Waals surface area contributed by atoms with E-state index in [1.165, 1.54) is 7.11 Å². The van der Waals surface area contributed by atoms with Crippen molar-refractivity contribution in [1.29, 1.82) is 0 Å². The molecule has 0 spiro atoms. The van der Waals surface area contributed by atoms with Crippen LogP contribution < -0.4 is 4.74 Å². The Morgan fingerprint density at radius 1 is 1.14 bits per heavy atom. The first-order chi connectivity index (χ1) is 9.93. The molecule has 0 fully saturated rings. The summed E-state index contributed by atoms with van der Waals surface area (Å²) in [7, 11) is 1.50. The van der Waals surface area contributed by atoms with Crippen molar-refractivity contribution in [1.82, 2.24) is 0 Å². The number of rotatable bonds is 3. The molecule has 0 bridgehead atoms. The zero-order valence-electron chi connectivity index (χ0n) is 11.8. The lowest BCUT2D eigenvalue weighted by Crippen LogP contribution is -2.11. The molecule has 1 aromatic carbocycles. The van der Waals surface area contributed by atoms with E-state index in [4.69, 9.17) is 18.7 Å². The second-order valence-electron chi connectivity index (χ2n) is 4.89. The number of aliphatic carboxylic acids is 1. The number of aliphatic hydroxyl groups is 1. The largest absolute Gasteiger partial charge is 0.492 e. The minimum atomic E-state index is -1.71. The summed E-state index contributed by atoms with van der Waals surface area (Å²) in [4.78, 5) is 11.2. The van der Waals surface area contributed by atoms with Crippen LogP contribution in [-0.2, 0) is 4.79 Å². The molecule has 21 heavy (non-hydrogen) atoms. The Balaban J connectivity index is 2.54. The van der Waals surface area contributed by atoms with E-state index in [0.29, 0.717) is 39.2 Å². The van der Waals surface area contributed by atoms with Crippen molar-refractivity contribution in [2.45, 2.75) is 20.0 Å². The summed E-state index contributed by atoms with van der Waals surface area (Å²) in [5.41, 5.74) is 0.879. The third-order valence-electron chi connectivity index (χ3n) is 3.41. The van der Waals surface area contributed by atoms with Gasteiger partial charge in [-0.3, -0.25) is 0 Å². The fourth-order valence-electron chi connectivity index (χ4n) is 2.61. The van der Waals surface area contributed by atoms with E-state index >= 15 is 0 Å². The van der Waals surface area contributed by atoms with Gasteiger partial charge in [0.2, 0.25) is 0 Å². The number of hydrogen-bond acceptors (Lipinski definition) is 5. The van der Waals surface area contributed by atoms with Crippen molar-refractivity contribution in [3.05, 3.63) is 29.2 Å². The highest BCUT2D eigenvalue weighted by Gasteiger charge is 2.28. The number of fused-ring (bicyclic) bond motifs is 2. The fourth-order valence-corrected chi connectivity index (χ4v) is 2.61. The molecular formula is C15H14O6. The fraction of sp³-hybridized carbons (Fsp3) is 0.267. The zero-order valence-corrected chi connectivity index (χ0v) is 11.8. The molecule has 1 unspecified atom stereocenters. The third kappa shape index (κ3) is 1.87. The van der Waals surface area contributed by atoms with E-state index in [1.54, 1.807) is 26.0 Å². The number of carboxylic acids is 1. The van der Waals surface area contributed by atoms with E-state index in [2.05, 4.69) is 0 Å². The number of carbonyl (C=O) groups is 1. The summed E-state index contributed by atoms with van der Waals surface area (Å²) in [6.07, 6.45) is -1.71. The van der Waals surface area contributed by atoms with Gasteiger partial charge < -0.3 is 23.8 Å². The van der Waals surface area contributed by atoms with Crippen molar-refractivity contribution in [2.24, 2.45) is 0 Å². The maximum absolute atomic E-state index is 11.2. The molecule has 3 aromatic rings. The molecule has 0 radical (unpaired) electrons. The number of furan rings is 2. The van der Waals surface area contributed by atoms with Gasteiger partial charge in [0, 0.05) is 10.9 Å². The number of ether oxygens (including phenoxy) is 1. The van der Waals surface area contributed by atoms with Crippen LogP contribution in [0, 0.1) is 13.8 Å². The van der Waals surface area contributed by atoms with Crippen LogP contribution in [0.2, 0.25) is 0 Å². The Morgan fingerprint density at radius 2 is 1.71 bits per heavy atom. The Bertz CT molecular complexity index is 796. The minimum Gasteiger partial charge on any atom is -0.492 e. The molecule has 110 valence electrons. The average molecular weight is 290 g/mol. The highest BCUT2D eigenvalue weighted by molar-refractivity contribution is 6.06. The Kier molecular flexibility index (Phi) is 2.91. The van der Waals surface area contributed by atoms with Crippen molar-refractivity contribution in [3.8, 4) is 5.75 Å². The van der Waals surface area contributed by atoms with Gasteiger partial charge in [-0.1, -0.05) is 0 Å². The first-order valence-electron chi connectivity index (χ1n) is 6.35. The van der Waals surface area contributed by atoms with Gasteiger partial charge in [0.1, 0.15) is 17.1 Å². The third-order valence-corrected chi connectivity index (χ3v) is 3.41. The van der Waals surface area contributed by atoms with Crippen LogP contribution in [-0.4, -0.2) is 23.3 Å². The summed E-state index contributed by atoms with van der Waals surface area (Å²) in [5, 5.41) is 20.2. The quantitative estimate of drug-likeness (QED) is 0.770. The maximum atomic E-state index is 11.2. The van der Waals surface area contributed by atoms with Crippen molar-refractivity contribution in [3.63, 3.8) is 0 Å². The van der Waals surface area contributed by atoms with Crippen molar-refractivity contribution in [2.75, 3.05) is 7.11 Å². The summed E-state index contributed by atoms with van der Waals surface area (Å²) in [6.45, 7) is 3.48. The summed E-state index contributed by atoms with van der Waals surface area (Å²) >= 11 is 0. The molecule has 0 saturated carbocycles. The van der Waals surface area contributed by atoms with Gasteiger partial charge in [0.05, 0.1) is 12.5 Å². The molecule has 2 aromatic heterocycles. The van der Waals surface area contributed by atoms with Crippen molar-refractivity contribution < 1.29 is 28.6 Å². The molecule has 0 aliphatic heterocycles. The second kappa shape index (κ2) is 4.53. The first kappa shape index (κ1) is 13.5. The zero-order chi connectivity index (χ0) is 15.3. The van der Waals surface area contributed by atoms with Gasteiger partial charge in [-0.05, 0) is 26.0 Å². The molecule has 2 N–H and O–H groups in total. The SMILES string of the molecule is COc1c2cc(C)oc2c(C(O)C(=O)O)c2cc(C)oc12. The van der Waals surface area contributed by atoms with Crippen LogP contribution in [0.4, 0.5) is 0 Å². The van der Waals surface area contributed by atoms with E-state index in [1.807, 2.05) is 0 Å². The van der Waals surface area contributed by atoms with Crippen LogP contribution >= 0.6 is 0 Å². The Hall–Kier alpha value is -2.47. The van der Waals surface area contributed by atoms with Crippen LogP contribution in [0.15, 0.2) is 21.0 Å².